The fourth-order valence-corrected chi connectivity index (χ4v) is 1.96. The maximum absolute atomic E-state index is 11.4. The van der Waals surface area contributed by atoms with E-state index in [1.165, 1.54) is 0 Å². The van der Waals surface area contributed by atoms with E-state index in [9.17, 15) is 4.79 Å². The predicted molar refractivity (Wildman–Crippen MR) is 72.6 cm³/mol. The quantitative estimate of drug-likeness (QED) is 0.785. The van der Waals surface area contributed by atoms with Gasteiger partial charge in [-0.3, -0.25) is 4.79 Å². The maximum atomic E-state index is 11.4. The maximum Gasteiger partial charge on any atom is 0.223 e. The molecule has 5 nitrogen and oxygen atoms in total. The molecule has 0 unspecified atom stereocenters. The van der Waals surface area contributed by atoms with Gasteiger partial charge in [0, 0.05) is 24.7 Å². The van der Waals surface area contributed by atoms with Gasteiger partial charge in [0.2, 0.25) is 5.91 Å². The third kappa shape index (κ3) is 3.44. The van der Waals surface area contributed by atoms with Crippen LogP contribution in [0.1, 0.15) is 29.7 Å². The minimum atomic E-state index is 0.135. The van der Waals surface area contributed by atoms with Gasteiger partial charge < -0.3 is 10.6 Å². The molecular weight excluding hydrogens is 240 g/mol. The van der Waals surface area contributed by atoms with Crippen molar-refractivity contribution in [2.45, 2.75) is 26.7 Å². The molecule has 1 heterocycles. The van der Waals surface area contributed by atoms with Gasteiger partial charge in [0.25, 0.3) is 0 Å². The zero-order valence-electron chi connectivity index (χ0n) is 11.3. The lowest BCUT2D eigenvalue weighted by Gasteiger charge is -2.10. The Kier molecular flexibility index (Phi) is 4.00. The predicted octanol–water partition coefficient (Wildman–Crippen LogP) is 1.51. The van der Waals surface area contributed by atoms with Crippen molar-refractivity contribution in [3.63, 3.8) is 0 Å². The van der Waals surface area contributed by atoms with Gasteiger partial charge in [0.1, 0.15) is 11.9 Å². The van der Waals surface area contributed by atoms with Crippen molar-refractivity contribution in [2.24, 2.45) is 5.92 Å². The highest BCUT2D eigenvalue weighted by Gasteiger charge is 2.28. The van der Waals surface area contributed by atoms with Crippen LogP contribution in [0.2, 0.25) is 0 Å². The van der Waals surface area contributed by atoms with E-state index in [1.54, 1.807) is 0 Å². The zero-order chi connectivity index (χ0) is 13.8. The molecule has 1 aromatic rings. The number of nitriles is 1. The lowest BCUT2D eigenvalue weighted by atomic mass is 10.1. The van der Waals surface area contributed by atoms with Gasteiger partial charge in [0.05, 0.1) is 5.56 Å². The highest BCUT2D eigenvalue weighted by Crippen LogP contribution is 2.28. The number of rotatable bonds is 5. The number of hydrogen-bond donors (Lipinski definition) is 2. The SMILES string of the molecule is Cc1cc(C)c(C#N)c(NCCNC(=O)C2CC2)n1. The van der Waals surface area contributed by atoms with Crippen LogP contribution >= 0.6 is 0 Å². The summed E-state index contributed by atoms with van der Waals surface area (Å²) in [5, 5.41) is 15.1. The number of anilines is 1. The van der Waals surface area contributed by atoms with E-state index in [1.807, 2.05) is 19.9 Å². The molecule has 0 aromatic carbocycles. The number of hydrogen-bond acceptors (Lipinski definition) is 4. The summed E-state index contributed by atoms with van der Waals surface area (Å²) in [5.41, 5.74) is 2.36. The second kappa shape index (κ2) is 5.70. The number of nitrogens with one attached hydrogen (secondary N) is 2. The molecule has 0 saturated heterocycles. The number of aromatic nitrogens is 1. The topological polar surface area (TPSA) is 77.8 Å². The normalized spacial score (nSPS) is 13.7. The molecule has 2 rings (SSSR count). The molecule has 0 aliphatic heterocycles. The van der Waals surface area contributed by atoms with Crippen LogP contribution in [0.15, 0.2) is 6.07 Å². The number of aryl methyl sites for hydroxylation is 2. The van der Waals surface area contributed by atoms with E-state index in [0.29, 0.717) is 24.5 Å². The second-order valence-electron chi connectivity index (χ2n) is 4.91. The van der Waals surface area contributed by atoms with E-state index < -0.39 is 0 Å². The fraction of sp³-hybridized carbons (Fsp3) is 0.500. The smallest absolute Gasteiger partial charge is 0.223 e. The van der Waals surface area contributed by atoms with Crippen LogP contribution < -0.4 is 10.6 Å². The van der Waals surface area contributed by atoms with Gasteiger partial charge in [-0.25, -0.2) is 4.98 Å². The Morgan fingerprint density at radius 1 is 1.47 bits per heavy atom. The molecule has 1 aromatic heterocycles. The first-order valence-corrected chi connectivity index (χ1v) is 6.51. The molecule has 19 heavy (non-hydrogen) atoms. The summed E-state index contributed by atoms with van der Waals surface area (Å²) in [4.78, 5) is 15.8. The number of pyridine rings is 1. The summed E-state index contributed by atoms with van der Waals surface area (Å²) in [6.07, 6.45) is 2.02. The molecule has 2 N–H and O–H groups in total. The third-order valence-corrected chi connectivity index (χ3v) is 3.12. The molecule has 1 saturated carbocycles. The summed E-state index contributed by atoms with van der Waals surface area (Å²) < 4.78 is 0. The average Bonchev–Trinajstić information content (AvgIpc) is 3.18. The Morgan fingerprint density at radius 2 is 2.21 bits per heavy atom. The monoisotopic (exact) mass is 258 g/mol. The van der Waals surface area contributed by atoms with Crippen molar-refractivity contribution in [3.05, 3.63) is 22.9 Å². The number of carbonyl (C=O) groups is 1. The largest absolute Gasteiger partial charge is 0.367 e. The molecule has 0 atom stereocenters. The van der Waals surface area contributed by atoms with E-state index >= 15 is 0 Å². The third-order valence-electron chi connectivity index (χ3n) is 3.12. The first-order valence-electron chi connectivity index (χ1n) is 6.51. The highest BCUT2D eigenvalue weighted by molar-refractivity contribution is 5.80. The van der Waals surface area contributed by atoms with Gasteiger partial charge in [0.15, 0.2) is 0 Å². The van der Waals surface area contributed by atoms with Crippen LogP contribution in [0.4, 0.5) is 5.82 Å². The van der Waals surface area contributed by atoms with E-state index in [0.717, 1.165) is 24.1 Å². The van der Waals surface area contributed by atoms with Gasteiger partial charge in [-0.05, 0) is 38.3 Å². The van der Waals surface area contributed by atoms with Crippen LogP contribution in [-0.2, 0) is 4.79 Å². The Labute approximate surface area is 113 Å². The fourth-order valence-electron chi connectivity index (χ4n) is 1.96. The average molecular weight is 258 g/mol. The zero-order valence-corrected chi connectivity index (χ0v) is 11.3. The molecule has 5 heteroatoms. The van der Waals surface area contributed by atoms with Crippen molar-refractivity contribution in [3.8, 4) is 6.07 Å². The molecule has 0 spiro atoms. The van der Waals surface area contributed by atoms with E-state index in [2.05, 4.69) is 21.7 Å². The van der Waals surface area contributed by atoms with Crippen LogP contribution in [0, 0.1) is 31.1 Å². The second-order valence-corrected chi connectivity index (χ2v) is 4.91. The summed E-state index contributed by atoms with van der Waals surface area (Å²) in [5.74, 6) is 0.963. The number of nitrogens with zero attached hydrogens (tertiary/aromatic N) is 2. The minimum absolute atomic E-state index is 0.135. The molecule has 1 amide bonds. The van der Waals surface area contributed by atoms with Gasteiger partial charge >= 0.3 is 0 Å². The van der Waals surface area contributed by atoms with Gasteiger partial charge in [-0.2, -0.15) is 5.26 Å². The molecule has 0 bridgehead atoms. The Morgan fingerprint density at radius 3 is 2.84 bits per heavy atom. The van der Waals surface area contributed by atoms with Crippen molar-refractivity contribution >= 4 is 11.7 Å². The standard InChI is InChI=1S/C14H18N4O/c1-9-7-10(2)18-13(12(9)8-15)16-5-6-17-14(19)11-3-4-11/h7,11H,3-6H2,1-2H3,(H,16,18)(H,17,19). The van der Waals surface area contributed by atoms with Crippen LogP contribution in [0.25, 0.3) is 0 Å². The van der Waals surface area contributed by atoms with Crippen molar-refractivity contribution in [1.29, 1.82) is 5.26 Å². The van der Waals surface area contributed by atoms with Crippen molar-refractivity contribution in [2.75, 3.05) is 18.4 Å². The summed E-state index contributed by atoms with van der Waals surface area (Å²) in [6.45, 7) is 4.92. The highest BCUT2D eigenvalue weighted by atomic mass is 16.2. The van der Waals surface area contributed by atoms with Crippen LogP contribution in [-0.4, -0.2) is 24.0 Å². The lowest BCUT2D eigenvalue weighted by molar-refractivity contribution is -0.122. The van der Waals surface area contributed by atoms with Gasteiger partial charge in [-0.1, -0.05) is 0 Å². The molecule has 100 valence electrons. The molecule has 1 aliphatic rings. The summed E-state index contributed by atoms with van der Waals surface area (Å²) in [7, 11) is 0. The van der Waals surface area contributed by atoms with E-state index in [-0.39, 0.29) is 11.8 Å². The Hall–Kier alpha value is -2.09. The van der Waals surface area contributed by atoms with Crippen molar-refractivity contribution in [1.82, 2.24) is 10.3 Å². The Bertz CT molecular complexity index is 529. The number of amides is 1. The molecule has 0 radical (unpaired) electrons. The van der Waals surface area contributed by atoms with E-state index in [4.69, 9.17) is 5.26 Å². The molecule has 1 fully saturated rings. The molecular formula is C14H18N4O. The van der Waals surface area contributed by atoms with Crippen LogP contribution in [0.5, 0.6) is 0 Å². The molecule has 1 aliphatic carbocycles. The minimum Gasteiger partial charge on any atom is -0.367 e. The van der Waals surface area contributed by atoms with Crippen LogP contribution in [0.3, 0.4) is 0 Å². The summed E-state index contributed by atoms with van der Waals surface area (Å²) >= 11 is 0. The lowest BCUT2D eigenvalue weighted by Crippen LogP contribution is -2.30. The van der Waals surface area contributed by atoms with Gasteiger partial charge in [-0.15, -0.1) is 0 Å². The Balaban J connectivity index is 1.88. The summed E-state index contributed by atoms with van der Waals surface area (Å²) in [6, 6.07) is 4.04. The first-order chi connectivity index (χ1) is 9.11. The first kappa shape index (κ1) is 13.3. The van der Waals surface area contributed by atoms with Crippen molar-refractivity contribution < 1.29 is 4.79 Å². The number of carbonyl (C=O) groups excluding carboxylic acids is 1.